The van der Waals surface area contributed by atoms with Crippen molar-refractivity contribution in [3.8, 4) is 0 Å². The van der Waals surface area contributed by atoms with Gasteiger partial charge in [-0.2, -0.15) is 0 Å². The summed E-state index contributed by atoms with van der Waals surface area (Å²) >= 11 is 0. The van der Waals surface area contributed by atoms with Crippen LogP contribution in [0.25, 0.3) is 0 Å². The van der Waals surface area contributed by atoms with Crippen LogP contribution in [-0.2, 0) is 4.74 Å². The van der Waals surface area contributed by atoms with Crippen molar-refractivity contribution in [2.75, 3.05) is 40.3 Å². The van der Waals surface area contributed by atoms with Gasteiger partial charge in [-0.15, -0.1) is 0 Å². The Balaban J connectivity index is 3.61. The minimum Gasteiger partial charge on any atom is -0.373 e. The molecule has 0 bridgehead atoms. The van der Waals surface area contributed by atoms with Gasteiger partial charge in [0.1, 0.15) is 0 Å². The van der Waals surface area contributed by atoms with Crippen LogP contribution in [-0.4, -0.2) is 62.3 Å². The number of hydrogen-bond donors (Lipinski definition) is 0. The SMILES string of the molecule is CCCCCCCCCCN(C)CC(C)OC(C)CN(C)CCCCCCCCCC. The van der Waals surface area contributed by atoms with Crippen LogP contribution < -0.4 is 0 Å². The maximum Gasteiger partial charge on any atom is 0.0678 e. The molecular weight excluding hydrogens is 380 g/mol. The summed E-state index contributed by atoms with van der Waals surface area (Å²) in [6.45, 7) is 13.5. The molecule has 0 fully saturated rings. The molecule has 0 aliphatic heterocycles. The summed E-state index contributed by atoms with van der Waals surface area (Å²) in [6.07, 6.45) is 22.9. The summed E-state index contributed by atoms with van der Waals surface area (Å²) in [5, 5.41) is 0. The van der Waals surface area contributed by atoms with Crippen LogP contribution in [0.3, 0.4) is 0 Å². The fraction of sp³-hybridized carbons (Fsp3) is 1.00. The molecule has 0 amide bonds. The van der Waals surface area contributed by atoms with Crippen molar-refractivity contribution in [1.29, 1.82) is 0 Å². The Morgan fingerprint density at radius 2 is 0.774 bits per heavy atom. The van der Waals surface area contributed by atoms with Gasteiger partial charge in [0.2, 0.25) is 0 Å². The Morgan fingerprint density at radius 1 is 0.484 bits per heavy atom. The van der Waals surface area contributed by atoms with Crippen LogP contribution in [0.15, 0.2) is 0 Å². The van der Waals surface area contributed by atoms with Crippen LogP contribution >= 0.6 is 0 Å². The average Bonchev–Trinajstić information content (AvgIpc) is 2.71. The zero-order valence-electron chi connectivity index (χ0n) is 22.6. The Hall–Kier alpha value is -0.120. The van der Waals surface area contributed by atoms with E-state index >= 15 is 0 Å². The Kier molecular flexibility index (Phi) is 23.0. The third-order valence-corrected chi connectivity index (χ3v) is 6.39. The van der Waals surface area contributed by atoms with Crippen molar-refractivity contribution in [3.05, 3.63) is 0 Å². The highest BCUT2D eigenvalue weighted by molar-refractivity contribution is 4.64. The summed E-state index contributed by atoms with van der Waals surface area (Å²) in [5.74, 6) is 0. The van der Waals surface area contributed by atoms with E-state index in [4.69, 9.17) is 4.74 Å². The van der Waals surface area contributed by atoms with Gasteiger partial charge in [0.15, 0.2) is 0 Å². The number of ether oxygens (including phenoxy) is 1. The molecule has 2 atom stereocenters. The molecule has 3 heteroatoms. The Bertz CT molecular complexity index is 318. The lowest BCUT2D eigenvalue weighted by atomic mass is 10.1. The van der Waals surface area contributed by atoms with Gasteiger partial charge in [-0.05, 0) is 53.9 Å². The molecule has 0 spiro atoms. The standard InChI is InChI=1S/C28H60N2O/c1-7-9-11-13-15-17-19-21-23-29(5)25-27(3)31-28(4)26-30(6)24-22-20-18-16-14-12-10-8-2/h27-28H,7-26H2,1-6H3. The first-order valence-electron chi connectivity index (χ1n) is 14.0. The third kappa shape index (κ3) is 22.9. The molecule has 0 aromatic rings. The summed E-state index contributed by atoms with van der Waals surface area (Å²) in [4.78, 5) is 4.91. The predicted octanol–water partition coefficient (Wildman–Crippen LogP) is 7.93. The molecule has 0 radical (unpaired) electrons. The average molecular weight is 441 g/mol. The molecule has 31 heavy (non-hydrogen) atoms. The summed E-state index contributed by atoms with van der Waals surface area (Å²) in [5.41, 5.74) is 0. The Labute approximate surface area is 197 Å². The zero-order valence-corrected chi connectivity index (χ0v) is 22.6. The normalized spacial score (nSPS) is 13.9. The molecule has 0 aromatic heterocycles. The van der Waals surface area contributed by atoms with Crippen LogP contribution in [0.2, 0.25) is 0 Å². The zero-order chi connectivity index (χ0) is 23.2. The minimum absolute atomic E-state index is 0.311. The number of hydrogen-bond acceptors (Lipinski definition) is 3. The molecule has 188 valence electrons. The monoisotopic (exact) mass is 440 g/mol. The second kappa shape index (κ2) is 23.1. The number of likely N-dealkylation sites (N-methyl/N-ethyl adjacent to an activating group) is 2. The van der Waals surface area contributed by atoms with Gasteiger partial charge >= 0.3 is 0 Å². The lowest BCUT2D eigenvalue weighted by Gasteiger charge is -2.27. The number of rotatable bonds is 24. The van der Waals surface area contributed by atoms with Crippen LogP contribution in [0.4, 0.5) is 0 Å². The fourth-order valence-electron chi connectivity index (χ4n) is 4.57. The number of unbranched alkanes of at least 4 members (excludes halogenated alkanes) is 14. The van der Waals surface area contributed by atoms with E-state index in [9.17, 15) is 0 Å². The van der Waals surface area contributed by atoms with Crippen molar-refractivity contribution in [3.63, 3.8) is 0 Å². The first-order valence-corrected chi connectivity index (χ1v) is 14.0. The lowest BCUT2D eigenvalue weighted by molar-refractivity contribution is -0.0194. The van der Waals surface area contributed by atoms with E-state index in [0.717, 1.165) is 13.1 Å². The first-order chi connectivity index (χ1) is 15.0. The van der Waals surface area contributed by atoms with Crippen LogP contribution in [0, 0.1) is 0 Å². The quantitative estimate of drug-likeness (QED) is 0.142. The molecule has 0 aliphatic rings. The molecule has 2 unspecified atom stereocenters. The number of nitrogens with zero attached hydrogens (tertiary/aromatic N) is 2. The van der Waals surface area contributed by atoms with Crippen molar-refractivity contribution in [1.82, 2.24) is 9.80 Å². The maximum atomic E-state index is 6.27. The van der Waals surface area contributed by atoms with Gasteiger partial charge in [-0.25, -0.2) is 0 Å². The predicted molar refractivity (Wildman–Crippen MR) is 140 cm³/mol. The van der Waals surface area contributed by atoms with E-state index in [-0.39, 0.29) is 0 Å². The second-order valence-corrected chi connectivity index (χ2v) is 10.2. The Morgan fingerprint density at radius 3 is 1.10 bits per heavy atom. The van der Waals surface area contributed by atoms with Crippen LogP contribution in [0.5, 0.6) is 0 Å². The highest BCUT2D eigenvalue weighted by Crippen LogP contribution is 2.10. The second-order valence-electron chi connectivity index (χ2n) is 10.2. The molecule has 3 nitrogen and oxygen atoms in total. The van der Waals surface area contributed by atoms with Crippen molar-refractivity contribution >= 4 is 0 Å². The summed E-state index contributed by atoms with van der Waals surface area (Å²) in [7, 11) is 4.50. The molecule has 0 aromatic carbocycles. The fourth-order valence-corrected chi connectivity index (χ4v) is 4.57. The molecule has 0 saturated heterocycles. The van der Waals surface area contributed by atoms with E-state index in [0.29, 0.717) is 12.2 Å². The topological polar surface area (TPSA) is 15.7 Å². The smallest absolute Gasteiger partial charge is 0.0678 e. The van der Waals surface area contributed by atoms with Crippen molar-refractivity contribution < 1.29 is 4.74 Å². The van der Waals surface area contributed by atoms with E-state index in [1.807, 2.05) is 0 Å². The molecular formula is C28H60N2O. The maximum absolute atomic E-state index is 6.27. The van der Waals surface area contributed by atoms with Gasteiger partial charge in [0.05, 0.1) is 12.2 Å². The van der Waals surface area contributed by atoms with E-state index in [1.54, 1.807) is 0 Å². The molecule has 0 saturated carbocycles. The third-order valence-electron chi connectivity index (χ3n) is 6.39. The van der Waals surface area contributed by atoms with E-state index in [1.165, 1.54) is 116 Å². The highest BCUT2D eigenvalue weighted by Gasteiger charge is 2.13. The molecule has 0 rings (SSSR count). The van der Waals surface area contributed by atoms with Gasteiger partial charge in [-0.1, -0.05) is 104 Å². The van der Waals surface area contributed by atoms with Gasteiger partial charge < -0.3 is 14.5 Å². The first kappa shape index (κ1) is 30.9. The van der Waals surface area contributed by atoms with Crippen molar-refractivity contribution in [2.45, 2.75) is 143 Å². The molecule has 0 heterocycles. The van der Waals surface area contributed by atoms with Crippen LogP contribution in [0.1, 0.15) is 130 Å². The van der Waals surface area contributed by atoms with Crippen molar-refractivity contribution in [2.24, 2.45) is 0 Å². The van der Waals surface area contributed by atoms with Gasteiger partial charge in [0.25, 0.3) is 0 Å². The van der Waals surface area contributed by atoms with Gasteiger partial charge in [0, 0.05) is 13.1 Å². The van der Waals surface area contributed by atoms with E-state index in [2.05, 4.69) is 51.6 Å². The summed E-state index contributed by atoms with van der Waals surface area (Å²) in [6, 6.07) is 0. The molecule has 0 N–H and O–H groups in total. The lowest BCUT2D eigenvalue weighted by Crippen LogP contribution is -2.36. The highest BCUT2D eigenvalue weighted by atomic mass is 16.5. The largest absolute Gasteiger partial charge is 0.373 e. The summed E-state index contributed by atoms with van der Waals surface area (Å²) < 4.78 is 6.27. The molecule has 0 aliphatic carbocycles. The van der Waals surface area contributed by atoms with Gasteiger partial charge in [-0.3, -0.25) is 0 Å². The van der Waals surface area contributed by atoms with E-state index < -0.39 is 0 Å². The minimum atomic E-state index is 0.311.